The van der Waals surface area contributed by atoms with E-state index in [4.69, 9.17) is 4.74 Å². The van der Waals surface area contributed by atoms with Crippen molar-refractivity contribution in [3.8, 4) is 0 Å². The maximum absolute atomic E-state index is 11.5. The van der Waals surface area contributed by atoms with Gasteiger partial charge in [0.15, 0.2) is 5.96 Å². The highest BCUT2D eigenvalue weighted by molar-refractivity contribution is 14.0. The van der Waals surface area contributed by atoms with Crippen molar-refractivity contribution in [1.82, 2.24) is 25.7 Å². The third-order valence-electron chi connectivity index (χ3n) is 2.93. The van der Waals surface area contributed by atoms with Crippen LogP contribution in [0.15, 0.2) is 17.4 Å². The topological polar surface area (TPSA) is 92.6 Å². The molecule has 0 aromatic carbocycles. The third-order valence-corrected chi connectivity index (χ3v) is 2.93. The first-order chi connectivity index (χ1) is 11.3. The first-order valence-electron chi connectivity index (χ1n) is 8.20. The van der Waals surface area contributed by atoms with Crippen LogP contribution in [0.25, 0.3) is 0 Å². The molecule has 0 radical (unpaired) electrons. The van der Waals surface area contributed by atoms with Gasteiger partial charge >= 0.3 is 6.09 Å². The molecule has 1 rings (SSSR count). The van der Waals surface area contributed by atoms with Crippen LogP contribution in [0, 0.1) is 6.92 Å². The number of amides is 1. The molecule has 0 aliphatic heterocycles. The lowest BCUT2D eigenvalue weighted by atomic mass is 10.2. The molecule has 0 fully saturated rings. The zero-order chi connectivity index (χ0) is 18.0. The van der Waals surface area contributed by atoms with E-state index in [9.17, 15) is 4.79 Å². The summed E-state index contributed by atoms with van der Waals surface area (Å²) in [6.45, 7) is 10.3. The molecule has 3 N–H and O–H groups in total. The summed E-state index contributed by atoms with van der Waals surface area (Å²) in [5.74, 6) is 0.733. The molecule has 8 nitrogen and oxygen atoms in total. The monoisotopic (exact) mass is 466 g/mol. The highest BCUT2D eigenvalue weighted by Gasteiger charge is 2.15. The number of alkyl carbamates (subject to hydrolysis) is 1. The quantitative estimate of drug-likeness (QED) is 0.247. The molecule has 0 saturated heterocycles. The van der Waals surface area contributed by atoms with Crippen LogP contribution in [0.3, 0.4) is 0 Å². The van der Waals surface area contributed by atoms with E-state index in [1.165, 1.54) is 0 Å². The van der Waals surface area contributed by atoms with Gasteiger partial charge in [-0.25, -0.2) is 4.79 Å². The van der Waals surface area contributed by atoms with Crippen LogP contribution in [-0.4, -0.2) is 54.1 Å². The second-order valence-electron chi connectivity index (χ2n) is 6.49. The Hall–Kier alpha value is -1.52. The van der Waals surface area contributed by atoms with E-state index in [1.54, 1.807) is 7.05 Å². The highest BCUT2D eigenvalue weighted by Crippen LogP contribution is 2.06. The number of guanidine groups is 1. The maximum Gasteiger partial charge on any atom is 0.407 e. The van der Waals surface area contributed by atoms with Crippen LogP contribution < -0.4 is 16.0 Å². The Kier molecular flexibility index (Phi) is 11.2. The van der Waals surface area contributed by atoms with Gasteiger partial charge in [-0.3, -0.25) is 9.67 Å². The van der Waals surface area contributed by atoms with Crippen LogP contribution in [0.1, 0.15) is 32.8 Å². The first-order valence-corrected chi connectivity index (χ1v) is 8.20. The minimum Gasteiger partial charge on any atom is -0.444 e. The van der Waals surface area contributed by atoms with Crippen LogP contribution in [0.5, 0.6) is 0 Å². The van der Waals surface area contributed by atoms with Gasteiger partial charge in [-0.05, 0) is 39.7 Å². The molecular formula is C16H31IN6O2. The number of hydrogen-bond donors (Lipinski definition) is 3. The summed E-state index contributed by atoms with van der Waals surface area (Å²) >= 11 is 0. The smallest absolute Gasteiger partial charge is 0.407 e. The van der Waals surface area contributed by atoms with E-state index >= 15 is 0 Å². The predicted molar refractivity (Wildman–Crippen MR) is 111 cm³/mol. The summed E-state index contributed by atoms with van der Waals surface area (Å²) < 4.78 is 7.06. The molecule has 0 unspecified atom stereocenters. The van der Waals surface area contributed by atoms with Crippen LogP contribution >= 0.6 is 24.0 Å². The molecule has 1 aromatic rings. The second-order valence-corrected chi connectivity index (χ2v) is 6.49. The van der Waals surface area contributed by atoms with E-state index in [0.29, 0.717) is 13.1 Å². The fourth-order valence-corrected chi connectivity index (χ4v) is 1.90. The van der Waals surface area contributed by atoms with Crippen molar-refractivity contribution in [3.05, 3.63) is 18.0 Å². The van der Waals surface area contributed by atoms with E-state index in [1.807, 2.05) is 44.8 Å². The first kappa shape index (κ1) is 23.5. The molecule has 1 heterocycles. The lowest BCUT2D eigenvalue weighted by Gasteiger charge is -2.19. The molecule has 1 aromatic heterocycles. The second kappa shape index (κ2) is 11.9. The van der Waals surface area contributed by atoms with Crippen molar-refractivity contribution in [1.29, 1.82) is 0 Å². The Bertz CT molecular complexity index is 539. The van der Waals surface area contributed by atoms with E-state index in [2.05, 4.69) is 26.0 Å². The molecule has 25 heavy (non-hydrogen) atoms. The summed E-state index contributed by atoms with van der Waals surface area (Å²) in [6, 6.07) is 0. The molecular weight excluding hydrogens is 435 g/mol. The van der Waals surface area contributed by atoms with Gasteiger partial charge in [-0.2, -0.15) is 5.10 Å². The van der Waals surface area contributed by atoms with Gasteiger partial charge in [0, 0.05) is 32.9 Å². The molecule has 0 aliphatic carbocycles. The van der Waals surface area contributed by atoms with Crippen molar-refractivity contribution >= 4 is 36.0 Å². The van der Waals surface area contributed by atoms with E-state index in [0.717, 1.165) is 31.0 Å². The van der Waals surface area contributed by atoms with Gasteiger partial charge in [0.25, 0.3) is 0 Å². The number of halogens is 1. The number of aryl methyl sites for hydroxylation is 1. The van der Waals surface area contributed by atoms with E-state index in [-0.39, 0.29) is 30.1 Å². The average Bonchev–Trinajstić information content (AvgIpc) is 2.88. The number of aromatic nitrogens is 2. The molecule has 0 aliphatic rings. The minimum absolute atomic E-state index is 0. The standard InChI is InChI=1S/C16H30N6O2.HI/c1-13-11-21-22(12-13)10-9-19-14(17-5)18-7-6-8-20-15(23)24-16(2,3)4;/h11-12H,6-10H2,1-5H3,(H,20,23)(H2,17,18,19);1H. The van der Waals surface area contributed by atoms with Crippen molar-refractivity contribution in [2.24, 2.45) is 4.99 Å². The minimum atomic E-state index is -0.471. The number of hydrogen-bond acceptors (Lipinski definition) is 4. The zero-order valence-electron chi connectivity index (χ0n) is 15.8. The normalized spacial score (nSPS) is 11.5. The Morgan fingerprint density at radius 1 is 1.24 bits per heavy atom. The summed E-state index contributed by atoms with van der Waals surface area (Å²) in [7, 11) is 1.73. The van der Waals surface area contributed by atoms with Crippen molar-refractivity contribution in [2.45, 2.75) is 46.3 Å². The Morgan fingerprint density at radius 2 is 1.88 bits per heavy atom. The average molecular weight is 466 g/mol. The zero-order valence-corrected chi connectivity index (χ0v) is 18.1. The number of carbonyl (C=O) groups excluding carboxylic acids is 1. The lowest BCUT2D eigenvalue weighted by molar-refractivity contribution is 0.0527. The van der Waals surface area contributed by atoms with Gasteiger partial charge in [0.2, 0.25) is 0 Å². The molecule has 144 valence electrons. The fourth-order valence-electron chi connectivity index (χ4n) is 1.90. The number of rotatable bonds is 7. The molecule has 9 heteroatoms. The Balaban J connectivity index is 0.00000576. The summed E-state index contributed by atoms with van der Waals surface area (Å²) in [4.78, 5) is 15.6. The van der Waals surface area contributed by atoms with Crippen molar-refractivity contribution < 1.29 is 9.53 Å². The highest BCUT2D eigenvalue weighted by atomic mass is 127. The Labute approximate surface area is 167 Å². The summed E-state index contributed by atoms with van der Waals surface area (Å²) in [5.41, 5.74) is 0.677. The summed E-state index contributed by atoms with van der Waals surface area (Å²) in [5, 5.41) is 13.4. The molecule has 0 spiro atoms. The third kappa shape index (κ3) is 11.6. The van der Waals surface area contributed by atoms with Gasteiger partial charge in [0.1, 0.15) is 5.60 Å². The van der Waals surface area contributed by atoms with Gasteiger partial charge in [0.05, 0.1) is 12.7 Å². The van der Waals surface area contributed by atoms with Gasteiger partial charge < -0.3 is 20.7 Å². The lowest BCUT2D eigenvalue weighted by Crippen LogP contribution is -2.40. The number of nitrogens with zero attached hydrogens (tertiary/aromatic N) is 3. The number of nitrogens with one attached hydrogen (secondary N) is 3. The SMILES string of the molecule is CN=C(NCCCNC(=O)OC(C)(C)C)NCCn1cc(C)cn1.I. The molecule has 0 bridgehead atoms. The summed E-state index contributed by atoms with van der Waals surface area (Å²) in [6.07, 6.45) is 4.22. The fraction of sp³-hybridized carbons (Fsp3) is 0.688. The van der Waals surface area contributed by atoms with Gasteiger partial charge in [-0.15, -0.1) is 24.0 Å². The number of carbonyl (C=O) groups is 1. The molecule has 1 amide bonds. The largest absolute Gasteiger partial charge is 0.444 e. The van der Waals surface area contributed by atoms with Crippen LogP contribution in [-0.2, 0) is 11.3 Å². The number of ether oxygens (including phenoxy) is 1. The number of aliphatic imine (C=N–C) groups is 1. The van der Waals surface area contributed by atoms with Crippen LogP contribution in [0.4, 0.5) is 4.79 Å². The Morgan fingerprint density at radius 3 is 2.44 bits per heavy atom. The predicted octanol–water partition coefficient (Wildman–Crippen LogP) is 1.89. The van der Waals surface area contributed by atoms with Crippen molar-refractivity contribution in [3.63, 3.8) is 0 Å². The van der Waals surface area contributed by atoms with Crippen molar-refractivity contribution in [2.75, 3.05) is 26.7 Å². The van der Waals surface area contributed by atoms with E-state index < -0.39 is 5.60 Å². The molecule has 0 saturated carbocycles. The molecule has 0 atom stereocenters. The maximum atomic E-state index is 11.5. The van der Waals surface area contributed by atoms with Crippen LogP contribution in [0.2, 0.25) is 0 Å². The van der Waals surface area contributed by atoms with Gasteiger partial charge in [-0.1, -0.05) is 0 Å².